The first kappa shape index (κ1) is 19.9. The van der Waals surface area contributed by atoms with Crippen LogP contribution in [0.4, 0.5) is 17.5 Å². The lowest BCUT2D eigenvalue weighted by molar-refractivity contribution is 0.0958. The molecule has 10 heteroatoms. The van der Waals surface area contributed by atoms with Gasteiger partial charge in [0.2, 0.25) is 5.95 Å². The summed E-state index contributed by atoms with van der Waals surface area (Å²) >= 11 is 0. The summed E-state index contributed by atoms with van der Waals surface area (Å²) in [6, 6.07) is 11.4. The number of aromatic amines is 1. The fourth-order valence-corrected chi connectivity index (χ4v) is 3.53. The van der Waals surface area contributed by atoms with Crippen LogP contribution in [0.5, 0.6) is 0 Å². The topological polar surface area (TPSA) is 121 Å². The van der Waals surface area contributed by atoms with Gasteiger partial charge in [0.1, 0.15) is 11.5 Å². The highest BCUT2D eigenvalue weighted by Gasteiger charge is 2.17. The fraction of sp³-hybridized carbons (Fsp3) is 0.227. The van der Waals surface area contributed by atoms with E-state index in [1.807, 2.05) is 24.3 Å². The van der Waals surface area contributed by atoms with Crippen molar-refractivity contribution in [2.45, 2.75) is 0 Å². The van der Waals surface area contributed by atoms with E-state index >= 15 is 0 Å². The number of hydrogen-bond acceptors (Lipinski definition) is 8. The zero-order valence-corrected chi connectivity index (χ0v) is 17.5. The molecular weight excluding hydrogens is 408 g/mol. The number of carbonyl (C=O) groups is 1. The number of amides is 1. The highest BCUT2D eigenvalue weighted by Crippen LogP contribution is 2.27. The van der Waals surface area contributed by atoms with E-state index in [4.69, 9.17) is 14.7 Å². The van der Waals surface area contributed by atoms with Crippen molar-refractivity contribution in [3.05, 3.63) is 54.5 Å². The molecule has 0 aliphatic carbocycles. The summed E-state index contributed by atoms with van der Waals surface area (Å²) in [5.74, 6) is 1.04. The summed E-state index contributed by atoms with van der Waals surface area (Å²) in [7, 11) is 1.58. The highest BCUT2D eigenvalue weighted by atomic mass is 16.5. The number of pyridine rings is 1. The van der Waals surface area contributed by atoms with Crippen molar-refractivity contribution in [1.82, 2.24) is 30.5 Å². The molecule has 1 amide bonds. The number of benzene rings is 1. The third kappa shape index (κ3) is 4.08. The Morgan fingerprint density at radius 3 is 2.75 bits per heavy atom. The van der Waals surface area contributed by atoms with Gasteiger partial charge in [0, 0.05) is 37.2 Å². The third-order valence-electron chi connectivity index (χ3n) is 5.24. The predicted octanol–water partition coefficient (Wildman–Crippen LogP) is 2.35. The molecule has 0 spiro atoms. The smallest absolute Gasteiger partial charge is 0.269 e. The molecule has 0 bridgehead atoms. The SMILES string of the molecule is CNC(=O)c1ccc(Nc2cc(-c3ccc4[nH]ncc4c3)nc(N3CCOCC3)n2)cn1. The number of nitrogens with one attached hydrogen (secondary N) is 3. The second kappa shape index (κ2) is 8.60. The molecule has 3 N–H and O–H groups in total. The molecule has 0 radical (unpaired) electrons. The summed E-state index contributed by atoms with van der Waals surface area (Å²) < 4.78 is 5.48. The number of carbonyl (C=O) groups excluding carboxylic acids is 1. The number of nitrogens with zero attached hydrogens (tertiary/aromatic N) is 5. The first-order chi connectivity index (χ1) is 15.7. The summed E-state index contributed by atoms with van der Waals surface area (Å²) in [6.45, 7) is 2.74. The molecule has 1 aromatic carbocycles. The third-order valence-corrected chi connectivity index (χ3v) is 5.24. The van der Waals surface area contributed by atoms with Crippen LogP contribution in [-0.2, 0) is 4.74 Å². The maximum absolute atomic E-state index is 11.7. The van der Waals surface area contributed by atoms with Crippen molar-refractivity contribution >= 4 is 34.3 Å². The van der Waals surface area contributed by atoms with Crippen LogP contribution in [0.3, 0.4) is 0 Å². The van der Waals surface area contributed by atoms with Gasteiger partial charge in [-0.25, -0.2) is 9.97 Å². The average molecular weight is 430 g/mol. The van der Waals surface area contributed by atoms with E-state index in [2.05, 4.69) is 30.7 Å². The van der Waals surface area contributed by atoms with Crippen LogP contribution >= 0.6 is 0 Å². The Labute approximate surface area is 184 Å². The van der Waals surface area contributed by atoms with Gasteiger partial charge < -0.3 is 20.3 Å². The monoisotopic (exact) mass is 430 g/mol. The lowest BCUT2D eigenvalue weighted by atomic mass is 10.1. The maximum Gasteiger partial charge on any atom is 0.269 e. The quantitative estimate of drug-likeness (QED) is 0.441. The van der Waals surface area contributed by atoms with Crippen LogP contribution < -0.4 is 15.5 Å². The molecule has 1 saturated heterocycles. The van der Waals surface area contributed by atoms with Crippen molar-refractivity contribution in [3.8, 4) is 11.3 Å². The Bertz CT molecular complexity index is 1250. The zero-order valence-electron chi connectivity index (χ0n) is 17.5. The number of hydrogen-bond donors (Lipinski definition) is 3. The van der Waals surface area contributed by atoms with Gasteiger partial charge in [0.25, 0.3) is 5.91 Å². The Hall–Kier alpha value is -4.05. The van der Waals surface area contributed by atoms with Gasteiger partial charge in [0.15, 0.2) is 0 Å². The van der Waals surface area contributed by atoms with Gasteiger partial charge >= 0.3 is 0 Å². The molecule has 1 aliphatic heterocycles. The lowest BCUT2D eigenvalue weighted by Crippen LogP contribution is -2.37. The Kier molecular flexibility index (Phi) is 5.34. The molecule has 32 heavy (non-hydrogen) atoms. The van der Waals surface area contributed by atoms with Crippen molar-refractivity contribution < 1.29 is 9.53 Å². The van der Waals surface area contributed by atoms with E-state index in [0.717, 1.165) is 40.9 Å². The Morgan fingerprint density at radius 2 is 1.97 bits per heavy atom. The number of ether oxygens (including phenoxy) is 1. The molecule has 10 nitrogen and oxygen atoms in total. The maximum atomic E-state index is 11.7. The summed E-state index contributed by atoms with van der Waals surface area (Å²) in [5.41, 5.74) is 3.80. The molecule has 4 heterocycles. The van der Waals surface area contributed by atoms with Gasteiger partial charge in [0.05, 0.1) is 42.5 Å². The molecule has 3 aromatic heterocycles. The number of anilines is 3. The van der Waals surface area contributed by atoms with Crippen molar-refractivity contribution in [2.75, 3.05) is 43.6 Å². The number of H-pyrrole nitrogens is 1. The van der Waals surface area contributed by atoms with Gasteiger partial charge in [-0.15, -0.1) is 0 Å². The lowest BCUT2D eigenvalue weighted by Gasteiger charge is -2.27. The standard InChI is InChI=1S/C22H22N8O2/c1-23-21(31)18-5-3-16(13-24-18)26-20-11-19(14-2-4-17-15(10-14)12-25-29-17)27-22(28-20)30-6-8-32-9-7-30/h2-5,10-13H,6-9H2,1H3,(H,23,31)(H,25,29)(H,26,27,28). The Balaban J connectivity index is 1.50. The summed E-state index contributed by atoms with van der Waals surface area (Å²) in [4.78, 5) is 27.6. The van der Waals surface area contributed by atoms with Crippen LogP contribution in [0.25, 0.3) is 22.2 Å². The molecule has 4 aromatic rings. The van der Waals surface area contributed by atoms with Gasteiger partial charge in [-0.3, -0.25) is 9.89 Å². The summed E-state index contributed by atoms with van der Waals surface area (Å²) in [5, 5.41) is 13.9. The molecular formula is C22H22N8O2. The summed E-state index contributed by atoms with van der Waals surface area (Å²) in [6.07, 6.45) is 3.40. The second-order valence-electron chi connectivity index (χ2n) is 7.35. The van der Waals surface area contributed by atoms with E-state index < -0.39 is 0 Å². The van der Waals surface area contributed by atoms with Crippen LogP contribution in [-0.4, -0.2) is 64.4 Å². The minimum Gasteiger partial charge on any atom is -0.378 e. The van der Waals surface area contributed by atoms with E-state index in [9.17, 15) is 4.79 Å². The molecule has 0 unspecified atom stereocenters. The Morgan fingerprint density at radius 1 is 1.09 bits per heavy atom. The minimum atomic E-state index is -0.231. The normalized spacial score (nSPS) is 13.8. The molecule has 1 fully saturated rings. The van der Waals surface area contributed by atoms with Gasteiger partial charge in [-0.2, -0.15) is 10.1 Å². The molecule has 5 rings (SSSR count). The average Bonchev–Trinajstić information content (AvgIpc) is 3.32. The van der Waals surface area contributed by atoms with E-state index in [1.54, 1.807) is 31.6 Å². The van der Waals surface area contributed by atoms with Gasteiger partial charge in [-0.05, 0) is 24.3 Å². The van der Waals surface area contributed by atoms with Crippen LogP contribution in [0.2, 0.25) is 0 Å². The number of aromatic nitrogens is 5. The van der Waals surface area contributed by atoms with Crippen molar-refractivity contribution in [2.24, 2.45) is 0 Å². The number of morpholine rings is 1. The zero-order chi connectivity index (χ0) is 21.9. The first-order valence-corrected chi connectivity index (χ1v) is 10.3. The predicted molar refractivity (Wildman–Crippen MR) is 121 cm³/mol. The minimum absolute atomic E-state index is 0.231. The van der Waals surface area contributed by atoms with E-state index in [0.29, 0.717) is 30.7 Å². The second-order valence-corrected chi connectivity index (χ2v) is 7.35. The highest BCUT2D eigenvalue weighted by molar-refractivity contribution is 5.92. The molecule has 0 atom stereocenters. The van der Waals surface area contributed by atoms with E-state index in [-0.39, 0.29) is 5.91 Å². The van der Waals surface area contributed by atoms with Crippen molar-refractivity contribution in [3.63, 3.8) is 0 Å². The first-order valence-electron chi connectivity index (χ1n) is 10.3. The molecule has 1 aliphatic rings. The number of rotatable bonds is 5. The molecule has 162 valence electrons. The van der Waals surface area contributed by atoms with Gasteiger partial charge in [-0.1, -0.05) is 6.07 Å². The fourth-order valence-electron chi connectivity index (χ4n) is 3.53. The van der Waals surface area contributed by atoms with Crippen LogP contribution in [0.1, 0.15) is 10.5 Å². The van der Waals surface area contributed by atoms with Crippen LogP contribution in [0, 0.1) is 0 Å². The van der Waals surface area contributed by atoms with Crippen molar-refractivity contribution in [1.29, 1.82) is 0 Å². The van der Waals surface area contributed by atoms with Crippen LogP contribution in [0.15, 0.2) is 48.8 Å². The molecule has 0 saturated carbocycles. The largest absolute Gasteiger partial charge is 0.378 e. The number of fused-ring (bicyclic) bond motifs is 1. The van der Waals surface area contributed by atoms with E-state index in [1.165, 1.54) is 0 Å².